The zero-order valence-corrected chi connectivity index (χ0v) is 10.4. The average Bonchev–Trinajstić information content (AvgIpc) is 1.78. The van der Waals surface area contributed by atoms with E-state index in [4.69, 9.17) is 4.74 Å². The number of rotatable bonds is 3. The summed E-state index contributed by atoms with van der Waals surface area (Å²) in [6.45, 7) is 16.3. The molecule has 0 aromatic carbocycles. The second-order valence-electron chi connectivity index (χ2n) is 6.29. The summed E-state index contributed by atoms with van der Waals surface area (Å²) >= 11 is 0. The van der Waals surface area contributed by atoms with Gasteiger partial charge in [0.2, 0.25) is 0 Å². The Kier molecular flexibility index (Phi) is 4.44. The normalized spacial score (nSPS) is 15.9. The van der Waals surface area contributed by atoms with Crippen LogP contribution < -0.4 is 0 Å². The van der Waals surface area contributed by atoms with Gasteiger partial charge in [-0.2, -0.15) is 0 Å². The van der Waals surface area contributed by atoms with Gasteiger partial charge in [0, 0.05) is 6.61 Å². The molecule has 0 aliphatic heterocycles. The van der Waals surface area contributed by atoms with Crippen LogP contribution in [0.3, 0.4) is 0 Å². The first-order valence-electron chi connectivity index (χ1n) is 5.24. The fraction of sp³-hybridized carbons (Fsp3) is 1.00. The van der Waals surface area contributed by atoms with E-state index in [2.05, 4.69) is 48.5 Å². The van der Waals surface area contributed by atoms with Gasteiger partial charge in [-0.1, -0.05) is 27.7 Å². The minimum Gasteiger partial charge on any atom is -0.376 e. The van der Waals surface area contributed by atoms with E-state index in [-0.39, 0.29) is 5.60 Å². The molecule has 0 heterocycles. The van der Waals surface area contributed by atoms with Gasteiger partial charge in [0.05, 0.1) is 5.60 Å². The third-order valence-electron chi connectivity index (χ3n) is 1.76. The molecule has 0 unspecified atom stereocenters. The molecule has 0 N–H and O–H groups in total. The fourth-order valence-electron chi connectivity index (χ4n) is 1.50. The predicted octanol–water partition coefficient (Wildman–Crippen LogP) is 3.87. The van der Waals surface area contributed by atoms with Gasteiger partial charge in [-0.15, -0.1) is 0 Å². The first kappa shape index (κ1) is 13.0. The van der Waals surface area contributed by atoms with Crippen molar-refractivity contribution in [2.45, 2.75) is 60.5 Å². The van der Waals surface area contributed by atoms with Crippen molar-refractivity contribution >= 4 is 0 Å². The van der Waals surface area contributed by atoms with Crippen molar-refractivity contribution in [2.24, 2.45) is 11.3 Å². The molecule has 0 saturated carbocycles. The van der Waals surface area contributed by atoms with Crippen molar-refractivity contribution in [3.05, 3.63) is 0 Å². The monoisotopic (exact) mass is 186 g/mol. The SMILES string of the molecule is C[C@@H](COC(C)(C)C)CC(C)(C)C. The Labute approximate surface area is 83.9 Å². The lowest BCUT2D eigenvalue weighted by Gasteiger charge is -2.26. The second kappa shape index (κ2) is 4.45. The van der Waals surface area contributed by atoms with Gasteiger partial charge in [0.25, 0.3) is 0 Å². The standard InChI is InChI=1S/C12H26O/c1-10(8-11(2,3)4)9-13-12(5,6)7/h10H,8-9H2,1-7H3/t10-/m1/s1. The van der Waals surface area contributed by atoms with Crippen LogP contribution in [-0.4, -0.2) is 12.2 Å². The van der Waals surface area contributed by atoms with E-state index in [1.54, 1.807) is 0 Å². The van der Waals surface area contributed by atoms with Crippen LogP contribution in [-0.2, 0) is 4.74 Å². The van der Waals surface area contributed by atoms with Gasteiger partial charge in [-0.05, 0) is 38.5 Å². The molecule has 80 valence electrons. The molecule has 0 bridgehead atoms. The molecule has 0 saturated heterocycles. The van der Waals surface area contributed by atoms with Crippen LogP contribution in [0, 0.1) is 11.3 Å². The average molecular weight is 186 g/mol. The van der Waals surface area contributed by atoms with Crippen molar-refractivity contribution in [3.63, 3.8) is 0 Å². The maximum Gasteiger partial charge on any atom is 0.0598 e. The second-order valence-corrected chi connectivity index (χ2v) is 6.29. The Morgan fingerprint density at radius 2 is 1.46 bits per heavy atom. The highest BCUT2D eigenvalue weighted by molar-refractivity contribution is 4.67. The number of hydrogen-bond acceptors (Lipinski definition) is 1. The molecule has 0 aromatic heterocycles. The van der Waals surface area contributed by atoms with Gasteiger partial charge in [0.15, 0.2) is 0 Å². The molecular formula is C12H26O. The smallest absolute Gasteiger partial charge is 0.0598 e. The molecule has 1 atom stereocenters. The molecule has 0 radical (unpaired) electrons. The zero-order chi connectivity index (χ0) is 10.7. The van der Waals surface area contributed by atoms with E-state index < -0.39 is 0 Å². The topological polar surface area (TPSA) is 9.23 Å². The summed E-state index contributed by atoms with van der Waals surface area (Å²) in [5, 5.41) is 0. The largest absolute Gasteiger partial charge is 0.376 e. The van der Waals surface area contributed by atoms with Gasteiger partial charge >= 0.3 is 0 Å². The van der Waals surface area contributed by atoms with Crippen molar-refractivity contribution in [1.82, 2.24) is 0 Å². The van der Waals surface area contributed by atoms with E-state index in [9.17, 15) is 0 Å². The summed E-state index contributed by atoms with van der Waals surface area (Å²) in [4.78, 5) is 0. The summed E-state index contributed by atoms with van der Waals surface area (Å²) in [6.07, 6.45) is 1.23. The van der Waals surface area contributed by atoms with Crippen molar-refractivity contribution in [2.75, 3.05) is 6.61 Å². The lowest BCUT2D eigenvalue weighted by atomic mass is 9.86. The van der Waals surface area contributed by atoms with E-state index >= 15 is 0 Å². The summed E-state index contributed by atoms with van der Waals surface area (Å²) in [5.74, 6) is 0.652. The van der Waals surface area contributed by atoms with Crippen LogP contribution in [0.25, 0.3) is 0 Å². The Hall–Kier alpha value is -0.0400. The maximum atomic E-state index is 5.74. The van der Waals surface area contributed by atoms with E-state index in [1.165, 1.54) is 6.42 Å². The number of hydrogen-bond donors (Lipinski definition) is 0. The maximum absolute atomic E-state index is 5.74. The quantitative estimate of drug-likeness (QED) is 0.650. The molecule has 0 aliphatic carbocycles. The molecule has 0 spiro atoms. The molecule has 0 amide bonds. The summed E-state index contributed by atoms with van der Waals surface area (Å²) in [6, 6.07) is 0. The van der Waals surface area contributed by atoms with Crippen LogP contribution in [0.1, 0.15) is 54.9 Å². The summed E-state index contributed by atoms with van der Waals surface area (Å²) < 4.78 is 5.74. The van der Waals surface area contributed by atoms with Crippen LogP contribution in [0.4, 0.5) is 0 Å². The highest BCUT2D eigenvalue weighted by atomic mass is 16.5. The highest BCUT2D eigenvalue weighted by Crippen LogP contribution is 2.25. The Bertz CT molecular complexity index is 136. The van der Waals surface area contributed by atoms with Gasteiger partial charge in [-0.3, -0.25) is 0 Å². The van der Waals surface area contributed by atoms with Crippen molar-refractivity contribution in [1.29, 1.82) is 0 Å². The first-order chi connectivity index (χ1) is 5.60. The summed E-state index contributed by atoms with van der Waals surface area (Å²) in [7, 11) is 0. The highest BCUT2D eigenvalue weighted by Gasteiger charge is 2.17. The lowest BCUT2D eigenvalue weighted by molar-refractivity contribution is -0.0249. The van der Waals surface area contributed by atoms with Gasteiger partial charge in [0.1, 0.15) is 0 Å². The fourth-order valence-corrected chi connectivity index (χ4v) is 1.50. The third kappa shape index (κ3) is 9.88. The minimum absolute atomic E-state index is 0.00610. The predicted molar refractivity (Wildman–Crippen MR) is 58.9 cm³/mol. The van der Waals surface area contributed by atoms with Crippen LogP contribution in [0.15, 0.2) is 0 Å². The number of ether oxygens (including phenoxy) is 1. The van der Waals surface area contributed by atoms with Crippen molar-refractivity contribution in [3.8, 4) is 0 Å². The molecule has 13 heavy (non-hydrogen) atoms. The Balaban J connectivity index is 3.70. The van der Waals surface area contributed by atoms with Gasteiger partial charge < -0.3 is 4.74 Å². The molecule has 1 heteroatoms. The molecule has 0 aliphatic rings. The zero-order valence-electron chi connectivity index (χ0n) is 10.4. The van der Waals surface area contributed by atoms with Crippen molar-refractivity contribution < 1.29 is 4.74 Å². The Morgan fingerprint density at radius 3 is 1.77 bits per heavy atom. The van der Waals surface area contributed by atoms with Crippen LogP contribution in [0.2, 0.25) is 0 Å². The third-order valence-corrected chi connectivity index (χ3v) is 1.76. The summed E-state index contributed by atoms with van der Waals surface area (Å²) in [5.41, 5.74) is 0.423. The van der Waals surface area contributed by atoms with Crippen LogP contribution >= 0.6 is 0 Å². The lowest BCUT2D eigenvalue weighted by Crippen LogP contribution is -2.24. The van der Waals surface area contributed by atoms with Gasteiger partial charge in [-0.25, -0.2) is 0 Å². The van der Waals surface area contributed by atoms with Crippen LogP contribution in [0.5, 0.6) is 0 Å². The Morgan fingerprint density at radius 1 is 1.00 bits per heavy atom. The van der Waals surface area contributed by atoms with E-state index in [0.717, 1.165) is 6.61 Å². The minimum atomic E-state index is 0.00610. The van der Waals surface area contributed by atoms with E-state index in [0.29, 0.717) is 11.3 Å². The molecule has 0 rings (SSSR count). The first-order valence-corrected chi connectivity index (χ1v) is 5.24. The molecule has 1 nitrogen and oxygen atoms in total. The molecule has 0 aromatic rings. The molecular weight excluding hydrogens is 160 g/mol. The molecule has 0 fully saturated rings. The van der Waals surface area contributed by atoms with E-state index in [1.807, 2.05) is 0 Å².